The third-order valence-corrected chi connectivity index (χ3v) is 11.1. The first-order valence-corrected chi connectivity index (χ1v) is 19.0. The molecule has 0 bridgehead atoms. The van der Waals surface area contributed by atoms with Crippen LogP contribution in [0.15, 0.2) is 103 Å². The van der Waals surface area contributed by atoms with E-state index in [2.05, 4.69) is 97.2 Å². The van der Waals surface area contributed by atoms with Crippen LogP contribution in [0.3, 0.4) is 0 Å². The molecule has 0 N–H and O–H groups in total. The largest absolute Gasteiger partial charge is 0.305 e. The molecule has 223 valence electrons. The Labute approximate surface area is 281 Å². The van der Waals surface area contributed by atoms with Crippen molar-refractivity contribution in [1.29, 1.82) is 0 Å². The monoisotopic (exact) mass is 786 g/mol. The van der Waals surface area contributed by atoms with Gasteiger partial charge in [-0.05, 0) is 56.5 Å². The quantitative estimate of drug-likeness (QED) is 0.131. The summed E-state index contributed by atoms with van der Waals surface area (Å²) in [6.07, 6.45) is 3.82. The minimum atomic E-state index is -1.23. The van der Waals surface area contributed by atoms with Crippen LogP contribution in [0.5, 0.6) is 0 Å². The van der Waals surface area contributed by atoms with Crippen LogP contribution in [0.1, 0.15) is 32.2 Å². The van der Waals surface area contributed by atoms with Gasteiger partial charge in [0, 0.05) is 44.0 Å². The Morgan fingerprint density at radius 3 is 2.32 bits per heavy atom. The Balaban J connectivity index is 0.000000202. The van der Waals surface area contributed by atoms with Gasteiger partial charge in [-0.15, -0.1) is 59.7 Å². The van der Waals surface area contributed by atoms with Gasteiger partial charge in [0.1, 0.15) is 0 Å². The molecule has 0 saturated carbocycles. The molecule has 4 aromatic carbocycles. The van der Waals surface area contributed by atoms with Gasteiger partial charge in [0.15, 0.2) is 0 Å². The minimum absolute atomic E-state index is 0. The zero-order chi connectivity index (χ0) is 31.1. The summed E-state index contributed by atoms with van der Waals surface area (Å²) in [5, 5.41) is 6.54. The molecule has 44 heavy (non-hydrogen) atoms. The fourth-order valence-corrected chi connectivity index (χ4v) is 7.83. The van der Waals surface area contributed by atoms with Crippen molar-refractivity contribution in [1.82, 2.24) is 9.97 Å². The number of aryl methyl sites for hydroxylation is 1. The second-order valence-electron chi connectivity index (χ2n) is 12.2. The minimum Gasteiger partial charge on any atom is -0.305 e. The molecule has 7 aromatic rings. The smallest absolute Gasteiger partial charge is 0.0795 e. The summed E-state index contributed by atoms with van der Waals surface area (Å²) >= 11 is 1.82. The summed E-state index contributed by atoms with van der Waals surface area (Å²) in [6.45, 7) is 13.0. The molecule has 0 amide bonds. The average molecular weight is 786 g/mol. The van der Waals surface area contributed by atoms with Gasteiger partial charge < -0.3 is 9.97 Å². The molecule has 0 saturated heterocycles. The second kappa shape index (κ2) is 13.3. The van der Waals surface area contributed by atoms with Gasteiger partial charge >= 0.3 is 0 Å². The average Bonchev–Trinajstić information content (AvgIpc) is 3.40. The maximum Gasteiger partial charge on any atom is 0.0795 e. The van der Waals surface area contributed by atoms with Crippen LogP contribution in [0, 0.1) is 19.1 Å². The standard InChI is InChI=1S/C25H20NS.C14H16NSi.Ir/c1-15(2)18-12-13-26-22(14-18)21-9-5-8-19-20-11-10-17-7-4-6-16(3)23(17)25(20)27-24(19)21;1-16(2,3)13-9-10-14(15-11-13)12-7-5-4-6-8-12;/h4-8,10-15H,1-3H3;4-7,9-11H,1-3H3;/q2*-1;/i15D;;. The summed E-state index contributed by atoms with van der Waals surface area (Å²) in [5.74, 6) is -0.654. The number of aromatic nitrogens is 2. The van der Waals surface area contributed by atoms with E-state index in [0.717, 1.165) is 28.1 Å². The van der Waals surface area contributed by atoms with Gasteiger partial charge in [0.05, 0.1) is 8.07 Å². The van der Waals surface area contributed by atoms with Crippen molar-refractivity contribution in [3.63, 3.8) is 0 Å². The topological polar surface area (TPSA) is 25.8 Å². The van der Waals surface area contributed by atoms with Crippen molar-refractivity contribution in [2.75, 3.05) is 0 Å². The Kier molecular flexibility index (Phi) is 9.20. The molecule has 0 atom stereocenters. The van der Waals surface area contributed by atoms with E-state index in [1.807, 2.05) is 73.8 Å². The number of benzene rings is 4. The van der Waals surface area contributed by atoms with E-state index >= 15 is 0 Å². The molecule has 5 heteroatoms. The zero-order valence-electron chi connectivity index (χ0n) is 27.0. The van der Waals surface area contributed by atoms with E-state index in [-0.39, 0.29) is 20.1 Å². The van der Waals surface area contributed by atoms with Crippen LogP contribution in [0.25, 0.3) is 53.5 Å². The Bertz CT molecular complexity index is 2090. The van der Waals surface area contributed by atoms with Crippen LogP contribution < -0.4 is 5.19 Å². The Hall–Kier alpha value is -3.47. The number of thiophene rings is 1. The van der Waals surface area contributed by atoms with Crippen LogP contribution in [-0.2, 0) is 20.1 Å². The molecule has 2 nitrogen and oxygen atoms in total. The van der Waals surface area contributed by atoms with Gasteiger partial charge in [0.2, 0.25) is 0 Å². The van der Waals surface area contributed by atoms with E-state index in [1.165, 1.54) is 41.7 Å². The first kappa shape index (κ1) is 30.5. The molecular formula is C39H36IrN2SSi-2. The number of hydrogen-bond acceptors (Lipinski definition) is 3. The van der Waals surface area contributed by atoms with Crippen molar-refractivity contribution in [2.45, 2.75) is 46.3 Å². The fraction of sp³-hybridized carbons (Fsp3) is 0.179. The first-order chi connectivity index (χ1) is 21.0. The van der Waals surface area contributed by atoms with Crippen LogP contribution in [-0.4, -0.2) is 18.0 Å². The molecule has 3 heterocycles. The number of fused-ring (bicyclic) bond motifs is 5. The molecule has 1 radical (unpaired) electrons. The SMILES string of the molecule is C[Si](C)(C)c1ccc(-c2[c-]cccc2)nc1.[2H]C(C)(C)c1ccnc(-c2[c-]ccc3c2sc2c3ccc3cccc(C)c32)c1.[Ir]. The normalized spacial score (nSPS) is 12.0. The number of rotatable bonds is 4. The zero-order valence-corrected chi connectivity index (χ0v) is 30.2. The van der Waals surface area contributed by atoms with E-state index in [0.29, 0.717) is 0 Å². The first-order valence-electron chi connectivity index (χ1n) is 15.2. The molecule has 0 aliphatic heterocycles. The summed E-state index contributed by atoms with van der Waals surface area (Å²) < 4.78 is 10.9. The summed E-state index contributed by atoms with van der Waals surface area (Å²) in [5.41, 5.74) is 6.23. The predicted molar refractivity (Wildman–Crippen MR) is 189 cm³/mol. The van der Waals surface area contributed by atoms with Crippen molar-refractivity contribution >= 4 is 55.5 Å². The maximum atomic E-state index is 8.36. The Morgan fingerprint density at radius 1 is 0.795 bits per heavy atom. The van der Waals surface area contributed by atoms with E-state index < -0.39 is 14.0 Å². The predicted octanol–water partition coefficient (Wildman–Crippen LogP) is 10.6. The number of hydrogen-bond donors (Lipinski definition) is 0. The van der Waals surface area contributed by atoms with Crippen molar-refractivity contribution in [2.24, 2.45) is 0 Å². The van der Waals surface area contributed by atoms with Crippen molar-refractivity contribution in [3.8, 4) is 22.5 Å². The van der Waals surface area contributed by atoms with Crippen LogP contribution in [0.4, 0.5) is 0 Å². The van der Waals surface area contributed by atoms with Gasteiger partial charge in [-0.2, -0.15) is 11.3 Å². The molecule has 0 fully saturated rings. The number of pyridine rings is 2. The molecule has 7 rings (SSSR count). The summed E-state index contributed by atoms with van der Waals surface area (Å²) in [4.78, 5) is 9.13. The summed E-state index contributed by atoms with van der Waals surface area (Å²) in [6, 6.07) is 37.9. The van der Waals surface area contributed by atoms with Gasteiger partial charge in [-0.3, -0.25) is 0 Å². The maximum absolute atomic E-state index is 8.36. The van der Waals surface area contributed by atoms with Crippen LogP contribution in [0.2, 0.25) is 19.6 Å². The Morgan fingerprint density at radius 2 is 1.61 bits per heavy atom. The van der Waals surface area contributed by atoms with Gasteiger partial charge in [0.25, 0.3) is 0 Å². The summed E-state index contributed by atoms with van der Waals surface area (Å²) in [7, 11) is -1.23. The third kappa shape index (κ3) is 6.48. The molecule has 3 aromatic heterocycles. The van der Waals surface area contributed by atoms with Crippen molar-refractivity contribution in [3.05, 3.63) is 127 Å². The molecule has 0 spiro atoms. The third-order valence-electron chi connectivity index (χ3n) is 7.86. The van der Waals surface area contributed by atoms with E-state index in [4.69, 9.17) is 1.37 Å². The molecular weight excluding hydrogens is 749 g/mol. The molecule has 0 aliphatic rings. The number of nitrogens with zero attached hydrogens (tertiary/aromatic N) is 2. The van der Waals surface area contributed by atoms with E-state index in [9.17, 15) is 0 Å². The fourth-order valence-electron chi connectivity index (χ4n) is 5.36. The van der Waals surface area contributed by atoms with Crippen LogP contribution >= 0.6 is 11.3 Å². The van der Waals surface area contributed by atoms with Gasteiger partial charge in [-0.1, -0.05) is 93.0 Å². The van der Waals surface area contributed by atoms with Crippen molar-refractivity contribution < 1.29 is 21.5 Å². The molecule has 0 unspecified atom stereocenters. The second-order valence-corrected chi connectivity index (χ2v) is 18.3. The molecule has 0 aliphatic carbocycles. The van der Waals surface area contributed by atoms with E-state index in [1.54, 1.807) is 6.20 Å². The van der Waals surface area contributed by atoms with Gasteiger partial charge in [-0.25, -0.2) is 0 Å².